The Morgan fingerprint density at radius 2 is 2.12 bits per heavy atom. The molecule has 2 aromatic rings. The number of rotatable bonds is 3. The van der Waals surface area contributed by atoms with Gasteiger partial charge in [0.05, 0.1) is 12.7 Å². The van der Waals surface area contributed by atoms with Crippen LogP contribution in [0.15, 0.2) is 18.2 Å². The monoisotopic (exact) mass is 328 g/mol. The Balaban J connectivity index is 2.16. The highest BCUT2D eigenvalue weighted by molar-refractivity contribution is 5.96. The van der Waals surface area contributed by atoms with Gasteiger partial charge < -0.3 is 15.0 Å². The van der Waals surface area contributed by atoms with Gasteiger partial charge in [-0.3, -0.25) is 0 Å². The summed E-state index contributed by atoms with van der Waals surface area (Å²) in [5.74, 6) is 0.379. The van der Waals surface area contributed by atoms with Crippen LogP contribution in [0.2, 0.25) is 0 Å². The van der Waals surface area contributed by atoms with E-state index >= 15 is 0 Å². The lowest BCUT2D eigenvalue weighted by atomic mass is 9.71. The van der Waals surface area contributed by atoms with E-state index in [-0.39, 0.29) is 5.97 Å². The summed E-state index contributed by atoms with van der Waals surface area (Å²) in [5, 5.41) is 1.19. The Kier molecular flexibility index (Phi) is 4.43. The zero-order chi connectivity index (χ0) is 17.5. The molecule has 1 aliphatic carbocycles. The number of carbonyl (C=O) groups excluding carboxylic acids is 1. The highest BCUT2D eigenvalue weighted by Gasteiger charge is 2.32. The van der Waals surface area contributed by atoms with Gasteiger partial charge in [0.2, 0.25) is 0 Å². The van der Waals surface area contributed by atoms with Gasteiger partial charge in [0.25, 0.3) is 0 Å². The summed E-state index contributed by atoms with van der Waals surface area (Å²) in [7, 11) is 1.43. The lowest BCUT2D eigenvalue weighted by Gasteiger charge is -2.34. The minimum atomic E-state index is -0.277. The van der Waals surface area contributed by atoms with Crippen LogP contribution in [-0.2, 0) is 24.1 Å². The molecule has 24 heavy (non-hydrogen) atoms. The molecule has 0 spiro atoms. The number of aromatic nitrogens is 1. The van der Waals surface area contributed by atoms with Crippen molar-refractivity contribution < 1.29 is 9.53 Å². The largest absolute Gasteiger partial charge is 0.465 e. The van der Waals surface area contributed by atoms with Gasteiger partial charge in [-0.25, -0.2) is 4.79 Å². The summed E-state index contributed by atoms with van der Waals surface area (Å²) in [6, 6.07) is 5.90. The molecular formula is C20H28N2O2. The van der Waals surface area contributed by atoms with Gasteiger partial charge in [-0.2, -0.15) is 0 Å². The Labute approximate surface area is 144 Å². The molecule has 3 rings (SSSR count). The Bertz CT molecular complexity index is 768. The van der Waals surface area contributed by atoms with Crippen molar-refractivity contribution in [2.75, 3.05) is 13.7 Å². The van der Waals surface area contributed by atoms with E-state index in [1.807, 2.05) is 18.2 Å². The van der Waals surface area contributed by atoms with Crippen LogP contribution in [0.4, 0.5) is 0 Å². The van der Waals surface area contributed by atoms with E-state index in [1.54, 1.807) is 0 Å². The number of nitrogens with zero attached hydrogens (tertiary/aromatic N) is 1. The minimum Gasteiger partial charge on any atom is -0.465 e. The number of carbonyl (C=O) groups is 1. The number of ether oxygens (including phenoxy) is 1. The van der Waals surface area contributed by atoms with E-state index < -0.39 is 0 Å². The second-order valence-electron chi connectivity index (χ2n) is 7.89. The summed E-state index contributed by atoms with van der Waals surface area (Å²) in [5.41, 5.74) is 10.7. The number of benzene rings is 1. The van der Waals surface area contributed by atoms with Crippen molar-refractivity contribution in [1.29, 1.82) is 0 Å². The summed E-state index contributed by atoms with van der Waals surface area (Å²) in [6.45, 7) is 8.41. The second-order valence-corrected chi connectivity index (χ2v) is 7.89. The SMILES string of the molecule is COC(=O)c1ccc2c(c1)c1c(n2CCN)CCC(C(C)(C)C)C1. The first kappa shape index (κ1) is 17.0. The van der Waals surface area contributed by atoms with Crippen LogP contribution in [0.5, 0.6) is 0 Å². The molecule has 1 aromatic carbocycles. The van der Waals surface area contributed by atoms with Crippen molar-refractivity contribution in [3.05, 3.63) is 35.0 Å². The quantitative estimate of drug-likeness (QED) is 0.877. The molecule has 4 heteroatoms. The van der Waals surface area contributed by atoms with Gasteiger partial charge in [-0.05, 0) is 54.4 Å². The fraction of sp³-hybridized carbons (Fsp3) is 0.550. The van der Waals surface area contributed by atoms with Crippen LogP contribution in [0.3, 0.4) is 0 Å². The van der Waals surface area contributed by atoms with Gasteiger partial charge >= 0.3 is 5.97 Å². The molecule has 1 atom stereocenters. The molecule has 0 aliphatic heterocycles. The molecule has 0 saturated carbocycles. The lowest BCUT2D eigenvalue weighted by molar-refractivity contribution is 0.0601. The summed E-state index contributed by atoms with van der Waals surface area (Å²) < 4.78 is 7.24. The Hall–Kier alpha value is -1.81. The average molecular weight is 328 g/mol. The molecule has 1 heterocycles. The molecule has 1 aromatic heterocycles. The summed E-state index contributed by atoms with van der Waals surface area (Å²) in [4.78, 5) is 11.9. The number of fused-ring (bicyclic) bond motifs is 3. The van der Waals surface area contributed by atoms with Crippen LogP contribution in [0.1, 0.15) is 48.8 Å². The van der Waals surface area contributed by atoms with Gasteiger partial charge in [0.15, 0.2) is 0 Å². The fourth-order valence-electron chi connectivity index (χ4n) is 4.02. The fourth-order valence-corrected chi connectivity index (χ4v) is 4.02. The van der Waals surface area contributed by atoms with Crippen molar-refractivity contribution >= 4 is 16.9 Å². The van der Waals surface area contributed by atoms with E-state index in [0.717, 1.165) is 19.4 Å². The molecule has 0 fully saturated rings. The molecule has 0 saturated heterocycles. The highest BCUT2D eigenvalue weighted by Crippen LogP contribution is 2.41. The molecular weight excluding hydrogens is 300 g/mol. The van der Waals surface area contributed by atoms with Crippen LogP contribution in [0, 0.1) is 11.3 Å². The molecule has 4 nitrogen and oxygen atoms in total. The van der Waals surface area contributed by atoms with E-state index in [4.69, 9.17) is 10.5 Å². The standard InChI is InChI=1S/C20H28N2O2/c1-20(2,3)14-6-8-18-16(12-14)15-11-13(19(23)24-4)5-7-17(15)22(18)10-9-21/h5,7,11,14H,6,8-10,12,21H2,1-4H3. The third kappa shape index (κ3) is 2.84. The second kappa shape index (κ2) is 6.25. The summed E-state index contributed by atoms with van der Waals surface area (Å²) in [6.07, 6.45) is 3.36. The maximum atomic E-state index is 11.9. The molecule has 1 unspecified atom stereocenters. The van der Waals surface area contributed by atoms with E-state index in [9.17, 15) is 4.79 Å². The van der Waals surface area contributed by atoms with E-state index in [0.29, 0.717) is 23.4 Å². The first-order valence-electron chi connectivity index (χ1n) is 8.79. The third-order valence-corrected chi connectivity index (χ3v) is 5.47. The smallest absolute Gasteiger partial charge is 0.337 e. The van der Waals surface area contributed by atoms with E-state index in [1.165, 1.54) is 35.7 Å². The van der Waals surface area contributed by atoms with Crippen LogP contribution >= 0.6 is 0 Å². The number of hydrogen-bond donors (Lipinski definition) is 1. The van der Waals surface area contributed by atoms with Crippen molar-refractivity contribution in [2.45, 2.75) is 46.6 Å². The predicted molar refractivity (Wildman–Crippen MR) is 97.3 cm³/mol. The average Bonchev–Trinajstić information content (AvgIpc) is 2.87. The highest BCUT2D eigenvalue weighted by atomic mass is 16.5. The number of esters is 1. The third-order valence-electron chi connectivity index (χ3n) is 5.47. The maximum absolute atomic E-state index is 11.9. The molecule has 2 N–H and O–H groups in total. The van der Waals surface area contributed by atoms with Gasteiger partial charge in [0, 0.05) is 29.7 Å². The topological polar surface area (TPSA) is 57.2 Å². The van der Waals surface area contributed by atoms with Gasteiger partial charge in [0.1, 0.15) is 0 Å². The molecule has 1 aliphatic rings. The van der Waals surface area contributed by atoms with Crippen molar-refractivity contribution in [1.82, 2.24) is 4.57 Å². The Morgan fingerprint density at radius 1 is 1.38 bits per heavy atom. The van der Waals surface area contributed by atoms with Crippen molar-refractivity contribution in [2.24, 2.45) is 17.1 Å². The number of nitrogens with two attached hydrogens (primary N) is 1. The summed E-state index contributed by atoms with van der Waals surface area (Å²) >= 11 is 0. The van der Waals surface area contributed by atoms with Gasteiger partial charge in [-0.1, -0.05) is 20.8 Å². The van der Waals surface area contributed by atoms with Gasteiger partial charge in [-0.15, -0.1) is 0 Å². The predicted octanol–water partition coefficient (Wildman–Crippen LogP) is 3.54. The maximum Gasteiger partial charge on any atom is 0.337 e. The molecule has 0 amide bonds. The first-order valence-corrected chi connectivity index (χ1v) is 8.79. The normalized spacial score (nSPS) is 17.8. The van der Waals surface area contributed by atoms with Crippen LogP contribution < -0.4 is 5.73 Å². The zero-order valence-electron chi connectivity index (χ0n) is 15.2. The Morgan fingerprint density at radius 3 is 2.75 bits per heavy atom. The first-order chi connectivity index (χ1) is 11.4. The molecule has 130 valence electrons. The minimum absolute atomic E-state index is 0.277. The van der Waals surface area contributed by atoms with Crippen molar-refractivity contribution in [3.8, 4) is 0 Å². The lowest BCUT2D eigenvalue weighted by Crippen LogP contribution is -2.27. The number of hydrogen-bond acceptors (Lipinski definition) is 3. The molecule has 0 bridgehead atoms. The van der Waals surface area contributed by atoms with Crippen LogP contribution in [0.25, 0.3) is 10.9 Å². The number of methoxy groups -OCH3 is 1. The molecule has 0 radical (unpaired) electrons. The van der Waals surface area contributed by atoms with Crippen molar-refractivity contribution in [3.63, 3.8) is 0 Å². The zero-order valence-corrected chi connectivity index (χ0v) is 15.2. The van der Waals surface area contributed by atoms with Crippen LogP contribution in [-0.4, -0.2) is 24.2 Å². The van der Waals surface area contributed by atoms with E-state index in [2.05, 4.69) is 25.3 Å².